The number of hydrogen-bond acceptors (Lipinski definition) is 4. The summed E-state index contributed by atoms with van der Waals surface area (Å²) >= 11 is 0. The molecule has 0 aliphatic heterocycles. The van der Waals surface area contributed by atoms with Crippen molar-refractivity contribution in [2.45, 2.75) is 212 Å². The molecule has 4 heteroatoms. The molecule has 0 amide bonds. The monoisotopic (exact) mass is 557 g/mol. The molecule has 0 aromatic rings. The van der Waals surface area contributed by atoms with Crippen molar-refractivity contribution in [3.05, 3.63) is 0 Å². The lowest BCUT2D eigenvalue weighted by molar-refractivity contribution is 0.171. The van der Waals surface area contributed by atoms with Crippen LogP contribution in [-0.2, 0) is 0 Å². The van der Waals surface area contributed by atoms with E-state index in [-0.39, 0.29) is 24.3 Å². The van der Waals surface area contributed by atoms with Crippen LogP contribution in [0.1, 0.15) is 201 Å². The van der Waals surface area contributed by atoms with Crippen LogP contribution in [0.25, 0.3) is 0 Å². The van der Waals surface area contributed by atoms with Gasteiger partial charge in [0.25, 0.3) is 0 Å². The lowest BCUT2D eigenvalue weighted by atomic mass is 9.88. The summed E-state index contributed by atoms with van der Waals surface area (Å²) in [5, 5.41) is 18.9. The fraction of sp³-hybridized carbons (Fsp3) is 1.00. The highest BCUT2D eigenvalue weighted by atomic mass is 16.3. The smallest absolute Gasteiger partial charge is 0.0611 e. The maximum absolute atomic E-state index is 9.56. The summed E-state index contributed by atoms with van der Waals surface area (Å²) in [6.07, 6.45) is 33.9. The van der Waals surface area contributed by atoms with Gasteiger partial charge in [-0.3, -0.25) is 0 Å². The SMILES string of the molecule is CCCCCCCCCCC(N)(CO)CCCC.CCCCCCCCCCC(N)(CO)CCCCCCC. The summed E-state index contributed by atoms with van der Waals surface area (Å²) in [4.78, 5) is 0. The topological polar surface area (TPSA) is 92.5 Å². The summed E-state index contributed by atoms with van der Waals surface area (Å²) in [5.41, 5.74) is 11.9. The van der Waals surface area contributed by atoms with E-state index in [1.54, 1.807) is 0 Å². The molecule has 0 saturated carbocycles. The molecule has 238 valence electrons. The Bertz CT molecular complexity index is 462. The second-order valence-corrected chi connectivity index (χ2v) is 12.8. The van der Waals surface area contributed by atoms with Crippen molar-refractivity contribution in [3.8, 4) is 0 Å². The van der Waals surface area contributed by atoms with Gasteiger partial charge in [-0.1, -0.05) is 175 Å². The normalized spacial score (nSPS) is 14.5. The Morgan fingerprint density at radius 2 is 0.538 bits per heavy atom. The van der Waals surface area contributed by atoms with Crippen LogP contribution in [0.5, 0.6) is 0 Å². The molecule has 0 fully saturated rings. The van der Waals surface area contributed by atoms with Crippen LogP contribution in [0, 0.1) is 0 Å². The van der Waals surface area contributed by atoms with Crippen LogP contribution >= 0.6 is 0 Å². The third-order valence-electron chi connectivity index (χ3n) is 8.49. The van der Waals surface area contributed by atoms with Crippen molar-refractivity contribution in [2.24, 2.45) is 11.5 Å². The molecule has 0 saturated heterocycles. The molecule has 0 bridgehead atoms. The zero-order valence-corrected chi connectivity index (χ0v) is 27.6. The van der Waals surface area contributed by atoms with Crippen LogP contribution in [0.15, 0.2) is 0 Å². The summed E-state index contributed by atoms with van der Waals surface area (Å²) in [5.74, 6) is 0. The van der Waals surface area contributed by atoms with E-state index < -0.39 is 0 Å². The molecule has 0 radical (unpaired) electrons. The second-order valence-electron chi connectivity index (χ2n) is 12.8. The largest absolute Gasteiger partial charge is 0.394 e. The van der Waals surface area contributed by atoms with Gasteiger partial charge in [0.1, 0.15) is 0 Å². The van der Waals surface area contributed by atoms with Crippen molar-refractivity contribution in [3.63, 3.8) is 0 Å². The minimum absolute atomic E-state index is 0.142. The number of aliphatic hydroxyl groups is 2. The summed E-state index contributed by atoms with van der Waals surface area (Å²) in [6, 6.07) is 0. The maximum Gasteiger partial charge on any atom is 0.0611 e. The Balaban J connectivity index is 0. The zero-order chi connectivity index (χ0) is 29.5. The number of hydrogen-bond donors (Lipinski definition) is 4. The molecule has 2 atom stereocenters. The first-order valence-electron chi connectivity index (χ1n) is 17.7. The molecular formula is C35H76N2O2. The van der Waals surface area contributed by atoms with E-state index in [1.165, 1.54) is 135 Å². The summed E-state index contributed by atoms with van der Waals surface area (Å²) in [7, 11) is 0. The molecule has 2 unspecified atom stereocenters. The van der Waals surface area contributed by atoms with Crippen molar-refractivity contribution in [2.75, 3.05) is 13.2 Å². The Kier molecular flexibility index (Phi) is 32.4. The van der Waals surface area contributed by atoms with Crippen LogP contribution in [0.3, 0.4) is 0 Å². The number of rotatable bonds is 29. The van der Waals surface area contributed by atoms with Gasteiger partial charge in [0.15, 0.2) is 0 Å². The van der Waals surface area contributed by atoms with Crippen molar-refractivity contribution < 1.29 is 10.2 Å². The van der Waals surface area contributed by atoms with Gasteiger partial charge in [-0.2, -0.15) is 0 Å². The Morgan fingerprint density at radius 1 is 0.333 bits per heavy atom. The number of unbranched alkanes of at least 4 members (excludes halogenated alkanes) is 19. The van der Waals surface area contributed by atoms with E-state index >= 15 is 0 Å². The lowest BCUT2D eigenvalue weighted by Gasteiger charge is -2.27. The van der Waals surface area contributed by atoms with E-state index in [4.69, 9.17) is 11.5 Å². The highest BCUT2D eigenvalue weighted by Crippen LogP contribution is 2.21. The molecule has 0 aromatic carbocycles. The molecule has 0 heterocycles. The first kappa shape index (κ1) is 41.0. The van der Waals surface area contributed by atoms with Gasteiger partial charge in [-0.05, 0) is 25.7 Å². The average molecular weight is 557 g/mol. The van der Waals surface area contributed by atoms with Crippen LogP contribution in [0.2, 0.25) is 0 Å². The van der Waals surface area contributed by atoms with Crippen molar-refractivity contribution in [1.29, 1.82) is 0 Å². The second kappa shape index (κ2) is 30.8. The van der Waals surface area contributed by atoms with Crippen LogP contribution in [-0.4, -0.2) is 34.5 Å². The summed E-state index contributed by atoms with van der Waals surface area (Å²) < 4.78 is 0. The highest BCUT2D eigenvalue weighted by Gasteiger charge is 2.23. The average Bonchev–Trinajstić information content (AvgIpc) is 2.95. The molecule has 0 aliphatic carbocycles. The first-order chi connectivity index (χ1) is 18.9. The molecule has 4 nitrogen and oxygen atoms in total. The first-order valence-corrected chi connectivity index (χ1v) is 17.7. The standard InChI is InChI=1S/C19H41NO.C16H35NO/c1-3-5-7-9-10-11-13-15-17-19(20,18-21)16-14-12-8-6-4-2;1-3-5-7-8-9-10-11-12-14-16(17,15-18)13-6-4-2/h21H,3-18,20H2,1-2H3;18H,3-15,17H2,1-2H3. The third-order valence-corrected chi connectivity index (χ3v) is 8.49. The van der Waals surface area contributed by atoms with Gasteiger partial charge in [0.05, 0.1) is 13.2 Å². The molecule has 0 spiro atoms. The molecule has 0 rings (SSSR count). The highest BCUT2D eigenvalue weighted by molar-refractivity contribution is 4.83. The fourth-order valence-electron chi connectivity index (χ4n) is 5.40. The van der Waals surface area contributed by atoms with E-state index in [2.05, 4.69) is 27.7 Å². The zero-order valence-electron chi connectivity index (χ0n) is 27.6. The van der Waals surface area contributed by atoms with Gasteiger partial charge in [-0.25, -0.2) is 0 Å². The van der Waals surface area contributed by atoms with E-state index in [9.17, 15) is 10.2 Å². The quantitative estimate of drug-likeness (QED) is 0.0690. The molecular weight excluding hydrogens is 480 g/mol. The molecule has 0 aromatic heterocycles. The minimum Gasteiger partial charge on any atom is -0.394 e. The fourth-order valence-corrected chi connectivity index (χ4v) is 5.40. The number of aliphatic hydroxyl groups excluding tert-OH is 2. The predicted molar refractivity (Wildman–Crippen MR) is 175 cm³/mol. The van der Waals surface area contributed by atoms with Gasteiger partial charge < -0.3 is 21.7 Å². The lowest BCUT2D eigenvalue weighted by Crippen LogP contribution is -2.43. The van der Waals surface area contributed by atoms with E-state index in [0.717, 1.165) is 38.5 Å². The Hall–Kier alpha value is -0.160. The molecule has 0 aliphatic rings. The van der Waals surface area contributed by atoms with Crippen molar-refractivity contribution in [1.82, 2.24) is 0 Å². The van der Waals surface area contributed by atoms with Gasteiger partial charge in [0.2, 0.25) is 0 Å². The molecule has 6 N–H and O–H groups in total. The molecule has 39 heavy (non-hydrogen) atoms. The van der Waals surface area contributed by atoms with E-state index in [1.807, 2.05) is 0 Å². The third kappa shape index (κ3) is 29.1. The summed E-state index contributed by atoms with van der Waals surface area (Å²) in [6.45, 7) is 9.22. The predicted octanol–water partition coefficient (Wildman–Crippen LogP) is 9.96. The Morgan fingerprint density at radius 3 is 0.769 bits per heavy atom. The minimum atomic E-state index is -0.311. The van der Waals surface area contributed by atoms with Crippen LogP contribution in [0.4, 0.5) is 0 Å². The van der Waals surface area contributed by atoms with Gasteiger partial charge in [-0.15, -0.1) is 0 Å². The van der Waals surface area contributed by atoms with Crippen molar-refractivity contribution >= 4 is 0 Å². The van der Waals surface area contributed by atoms with Gasteiger partial charge in [0, 0.05) is 11.1 Å². The Labute approximate surface area is 246 Å². The van der Waals surface area contributed by atoms with Crippen LogP contribution < -0.4 is 11.5 Å². The van der Waals surface area contributed by atoms with E-state index in [0.29, 0.717) is 0 Å². The van der Waals surface area contributed by atoms with Gasteiger partial charge >= 0.3 is 0 Å². The maximum atomic E-state index is 9.56. The number of nitrogens with two attached hydrogens (primary N) is 2.